The molecule has 29 heavy (non-hydrogen) atoms. The van der Waals surface area contributed by atoms with Crippen LogP contribution < -0.4 is 5.73 Å². The highest BCUT2D eigenvalue weighted by Crippen LogP contribution is 2.17. The van der Waals surface area contributed by atoms with Crippen molar-refractivity contribution in [2.24, 2.45) is 5.73 Å². The number of imide groups is 1. The second kappa shape index (κ2) is 14.2. The fraction of sp³-hybridized carbons (Fsp3) is 0.381. The molecule has 0 rings (SSSR count). The summed E-state index contributed by atoms with van der Waals surface area (Å²) in [7, 11) is 1.19. The Bertz CT molecular complexity index is 687. The van der Waals surface area contributed by atoms with Gasteiger partial charge in [0.2, 0.25) is 18.2 Å². The van der Waals surface area contributed by atoms with Gasteiger partial charge in [-0.1, -0.05) is 49.6 Å². The molecule has 0 heterocycles. The van der Waals surface area contributed by atoms with Crippen LogP contribution in [-0.4, -0.2) is 54.2 Å². The zero-order valence-corrected chi connectivity index (χ0v) is 16.9. The molecule has 0 radical (unpaired) electrons. The Labute approximate surface area is 170 Å². The predicted molar refractivity (Wildman–Crippen MR) is 110 cm³/mol. The van der Waals surface area contributed by atoms with Crippen molar-refractivity contribution < 1.29 is 23.2 Å². The summed E-state index contributed by atoms with van der Waals surface area (Å²) in [5, 5.41) is 0. The molecule has 8 heteroatoms. The molecule has 0 aliphatic carbocycles. The number of allylic oxidation sites excluding steroid dienone is 5. The second-order valence-electron chi connectivity index (χ2n) is 6.06. The molecule has 0 aromatic carbocycles. The van der Waals surface area contributed by atoms with Crippen molar-refractivity contribution in [1.82, 2.24) is 9.80 Å². The Morgan fingerprint density at radius 2 is 1.72 bits per heavy atom. The maximum atomic E-state index is 14.4. The lowest BCUT2D eigenvalue weighted by Gasteiger charge is -2.24. The monoisotopic (exact) mass is 409 g/mol. The van der Waals surface area contributed by atoms with E-state index in [0.29, 0.717) is 11.1 Å². The van der Waals surface area contributed by atoms with Crippen molar-refractivity contribution in [2.75, 3.05) is 13.6 Å². The van der Waals surface area contributed by atoms with E-state index in [1.54, 1.807) is 25.2 Å². The summed E-state index contributed by atoms with van der Waals surface area (Å²) >= 11 is 0. The summed E-state index contributed by atoms with van der Waals surface area (Å²) in [6.07, 6.45) is 4.39. The number of amides is 3. The number of alkyl halides is 2. The number of halogens is 2. The second-order valence-corrected chi connectivity index (χ2v) is 6.06. The molecule has 0 aromatic rings. The topological polar surface area (TPSA) is 83.7 Å². The van der Waals surface area contributed by atoms with Crippen LogP contribution in [0.1, 0.15) is 26.2 Å². The summed E-state index contributed by atoms with van der Waals surface area (Å²) < 4.78 is 28.8. The molecule has 0 fully saturated rings. The summed E-state index contributed by atoms with van der Waals surface area (Å²) in [6.45, 7) is 8.95. The van der Waals surface area contributed by atoms with Crippen molar-refractivity contribution in [1.29, 1.82) is 0 Å². The highest BCUT2D eigenvalue weighted by Gasteiger charge is 2.28. The van der Waals surface area contributed by atoms with Gasteiger partial charge in [0, 0.05) is 26.4 Å². The van der Waals surface area contributed by atoms with E-state index < -0.39 is 30.8 Å². The molecule has 2 unspecified atom stereocenters. The molecule has 0 bridgehead atoms. The first-order valence-electron chi connectivity index (χ1n) is 9.01. The molecule has 0 aromatic heterocycles. The van der Waals surface area contributed by atoms with Crippen LogP contribution in [0.3, 0.4) is 0 Å². The van der Waals surface area contributed by atoms with Gasteiger partial charge < -0.3 is 10.6 Å². The Kier molecular flexibility index (Phi) is 12.8. The third-order valence-corrected chi connectivity index (χ3v) is 3.98. The molecule has 2 atom stereocenters. The molecule has 0 aliphatic rings. The first-order chi connectivity index (χ1) is 13.7. The van der Waals surface area contributed by atoms with E-state index in [1.165, 1.54) is 25.3 Å². The Hall–Kier alpha value is -2.87. The van der Waals surface area contributed by atoms with Gasteiger partial charge in [0.1, 0.15) is 6.42 Å². The van der Waals surface area contributed by atoms with E-state index in [4.69, 9.17) is 5.73 Å². The van der Waals surface area contributed by atoms with Gasteiger partial charge in [-0.3, -0.25) is 19.3 Å². The minimum absolute atomic E-state index is 0.00727. The van der Waals surface area contributed by atoms with Crippen molar-refractivity contribution in [3.8, 4) is 0 Å². The fourth-order valence-electron chi connectivity index (χ4n) is 2.37. The Balaban J connectivity index is 5.06. The third-order valence-electron chi connectivity index (χ3n) is 3.98. The van der Waals surface area contributed by atoms with Gasteiger partial charge in [-0.2, -0.15) is 0 Å². The molecule has 2 N–H and O–H groups in total. The van der Waals surface area contributed by atoms with Crippen molar-refractivity contribution >= 4 is 18.2 Å². The van der Waals surface area contributed by atoms with Crippen LogP contribution in [0.25, 0.3) is 0 Å². The van der Waals surface area contributed by atoms with Gasteiger partial charge in [-0.05, 0) is 18.1 Å². The van der Waals surface area contributed by atoms with E-state index in [2.05, 4.69) is 13.2 Å². The number of hydrogen-bond donors (Lipinski definition) is 1. The van der Waals surface area contributed by atoms with Crippen LogP contribution in [0.15, 0.2) is 60.8 Å². The van der Waals surface area contributed by atoms with Crippen LogP contribution in [-0.2, 0) is 14.4 Å². The number of rotatable bonds is 13. The van der Waals surface area contributed by atoms with Gasteiger partial charge in [0.25, 0.3) is 0 Å². The number of hydrogen-bond acceptors (Lipinski definition) is 4. The zero-order chi connectivity index (χ0) is 22.4. The first kappa shape index (κ1) is 26.1. The van der Waals surface area contributed by atoms with Gasteiger partial charge in [-0.25, -0.2) is 8.78 Å². The molecule has 160 valence electrons. The number of nitrogens with zero attached hydrogens (tertiary/aromatic N) is 2. The van der Waals surface area contributed by atoms with Crippen LogP contribution >= 0.6 is 0 Å². The molecular weight excluding hydrogens is 380 g/mol. The van der Waals surface area contributed by atoms with Crippen molar-refractivity contribution in [3.05, 3.63) is 60.8 Å². The van der Waals surface area contributed by atoms with Crippen LogP contribution in [0.4, 0.5) is 8.78 Å². The summed E-state index contributed by atoms with van der Waals surface area (Å²) in [5.41, 5.74) is 6.37. The SMILES string of the molecule is C=C/C=C(\C=C/C)CC(F)N(C)C(=O)CC(=O)N(C=O)C(F)C/C(C=C)=C/CN. The molecule has 3 amide bonds. The van der Waals surface area contributed by atoms with E-state index in [-0.39, 0.29) is 30.7 Å². The Morgan fingerprint density at radius 3 is 2.21 bits per heavy atom. The number of nitrogens with two attached hydrogens (primary N) is 1. The minimum Gasteiger partial charge on any atom is -0.327 e. The van der Waals surface area contributed by atoms with Gasteiger partial charge in [0.15, 0.2) is 12.6 Å². The summed E-state index contributed by atoms with van der Waals surface area (Å²) in [5.74, 6) is -1.94. The van der Waals surface area contributed by atoms with Crippen LogP contribution in [0, 0.1) is 0 Å². The van der Waals surface area contributed by atoms with Crippen molar-refractivity contribution in [2.45, 2.75) is 38.8 Å². The van der Waals surface area contributed by atoms with Gasteiger partial charge >= 0.3 is 0 Å². The highest BCUT2D eigenvalue weighted by atomic mass is 19.1. The lowest BCUT2D eigenvalue weighted by molar-refractivity contribution is -0.149. The lowest BCUT2D eigenvalue weighted by Crippen LogP contribution is -2.42. The van der Waals surface area contributed by atoms with Crippen LogP contribution in [0.5, 0.6) is 0 Å². The van der Waals surface area contributed by atoms with E-state index in [1.807, 2.05) is 0 Å². The first-order valence-corrected chi connectivity index (χ1v) is 9.01. The molecule has 6 nitrogen and oxygen atoms in total. The maximum Gasteiger partial charge on any atom is 0.240 e. The lowest BCUT2D eigenvalue weighted by atomic mass is 10.1. The van der Waals surface area contributed by atoms with Crippen LogP contribution in [0.2, 0.25) is 0 Å². The predicted octanol–water partition coefficient (Wildman–Crippen LogP) is 2.95. The number of carbonyl (C=O) groups is 3. The smallest absolute Gasteiger partial charge is 0.240 e. The molecule has 0 spiro atoms. The average Bonchev–Trinajstić information content (AvgIpc) is 2.67. The van der Waals surface area contributed by atoms with Crippen molar-refractivity contribution in [3.63, 3.8) is 0 Å². The summed E-state index contributed by atoms with van der Waals surface area (Å²) in [4.78, 5) is 36.6. The third kappa shape index (κ3) is 9.25. The highest BCUT2D eigenvalue weighted by molar-refractivity contribution is 6.00. The molecule has 0 aliphatic heterocycles. The van der Waals surface area contributed by atoms with E-state index >= 15 is 0 Å². The Morgan fingerprint density at radius 1 is 1.10 bits per heavy atom. The maximum absolute atomic E-state index is 14.4. The van der Waals surface area contributed by atoms with Gasteiger partial charge in [-0.15, -0.1) is 0 Å². The van der Waals surface area contributed by atoms with Gasteiger partial charge in [0.05, 0.1) is 0 Å². The fourth-order valence-corrected chi connectivity index (χ4v) is 2.37. The van der Waals surface area contributed by atoms with E-state index in [0.717, 1.165) is 4.90 Å². The minimum atomic E-state index is -1.99. The molecule has 0 saturated heterocycles. The standard InChI is InChI=1S/C21H29F2N3O3/c1-5-8-17(9-6-2)13-18(22)25(4)20(28)14-21(29)26(15-27)19(23)12-16(7-3)10-11-24/h5-10,15,18-19H,1,3,11-14,24H2,2,4H3/b9-6-,16-10+,17-8+. The molecule has 0 saturated carbocycles. The summed E-state index contributed by atoms with van der Waals surface area (Å²) in [6, 6.07) is 0. The number of carbonyl (C=O) groups excluding carboxylic acids is 3. The largest absolute Gasteiger partial charge is 0.327 e. The molecular formula is C21H29F2N3O3. The quantitative estimate of drug-likeness (QED) is 0.219. The zero-order valence-electron chi connectivity index (χ0n) is 16.9. The normalized spacial score (nSPS) is 14.2. The van der Waals surface area contributed by atoms with E-state index in [9.17, 15) is 23.2 Å². The average molecular weight is 409 g/mol.